The van der Waals surface area contributed by atoms with Gasteiger partial charge in [-0.1, -0.05) is 37.1 Å². The lowest BCUT2D eigenvalue weighted by Crippen LogP contribution is -1.96. The van der Waals surface area contributed by atoms with E-state index in [-0.39, 0.29) is 0 Å². The summed E-state index contributed by atoms with van der Waals surface area (Å²) in [6.07, 6.45) is 6.97. The summed E-state index contributed by atoms with van der Waals surface area (Å²) in [6.45, 7) is 1.62. The molecule has 1 N–H and O–H groups in total. The topological polar surface area (TPSA) is 37.3 Å². The molecule has 0 spiro atoms. The molecule has 0 heterocycles. The summed E-state index contributed by atoms with van der Waals surface area (Å²) in [7, 11) is 0. The second-order valence-corrected chi connectivity index (χ2v) is 4.78. The molecule has 1 aromatic rings. The fraction of sp³-hybridized carbons (Fsp3) is 0.400. The average molecular weight is 230 g/mol. The van der Waals surface area contributed by atoms with Gasteiger partial charge in [-0.25, -0.2) is 4.79 Å². The summed E-state index contributed by atoms with van der Waals surface area (Å²) in [5, 5.41) is 8.80. The molecule has 2 rings (SSSR count). The number of hydrogen-bond acceptors (Lipinski definition) is 1. The van der Waals surface area contributed by atoms with Gasteiger partial charge in [-0.2, -0.15) is 0 Å². The van der Waals surface area contributed by atoms with E-state index in [2.05, 4.69) is 12.1 Å². The van der Waals surface area contributed by atoms with Gasteiger partial charge in [0.25, 0.3) is 0 Å². The minimum absolute atomic E-state index is 0.374. The first-order chi connectivity index (χ1) is 8.16. The van der Waals surface area contributed by atoms with Gasteiger partial charge in [-0.3, -0.25) is 0 Å². The molecule has 1 aliphatic rings. The Hall–Kier alpha value is -1.57. The number of carbonyl (C=O) groups is 1. The van der Waals surface area contributed by atoms with Crippen molar-refractivity contribution in [3.8, 4) is 0 Å². The Bertz CT molecular complexity index is 423. The zero-order valence-electron chi connectivity index (χ0n) is 10.1. The maximum absolute atomic E-state index is 10.7. The highest BCUT2D eigenvalue weighted by Gasteiger charge is 2.16. The van der Waals surface area contributed by atoms with Crippen LogP contribution in [0.3, 0.4) is 0 Å². The quantitative estimate of drug-likeness (QED) is 0.801. The Balaban J connectivity index is 2.12. The number of carboxylic acid groups (broad SMARTS) is 1. The summed E-state index contributed by atoms with van der Waals surface area (Å²) in [5.74, 6) is -0.140. The molecule has 0 radical (unpaired) electrons. The van der Waals surface area contributed by atoms with Crippen molar-refractivity contribution in [2.75, 3.05) is 0 Å². The first-order valence-electron chi connectivity index (χ1n) is 6.18. The maximum Gasteiger partial charge on any atom is 0.331 e. The summed E-state index contributed by atoms with van der Waals surface area (Å²) in [4.78, 5) is 10.7. The van der Waals surface area contributed by atoms with Crippen LogP contribution in [0.5, 0.6) is 0 Å². The molecule has 0 atom stereocenters. The normalized spacial score (nSPS) is 17.4. The first kappa shape index (κ1) is 11.9. The maximum atomic E-state index is 10.7. The standard InChI is InChI=1S/C15H18O2/c1-11(15(16)17)10-12-6-8-14(9-7-12)13-4-2-3-5-13/h6-10,13H,2-5H2,1H3,(H,16,17). The Labute approximate surface area is 102 Å². The van der Waals surface area contributed by atoms with Gasteiger partial charge in [-0.15, -0.1) is 0 Å². The predicted octanol–water partition coefficient (Wildman–Crippen LogP) is 3.83. The van der Waals surface area contributed by atoms with Gasteiger partial charge in [0.05, 0.1) is 0 Å². The van der Waals surface area contributed by atoms with Gasteiger partial charge in [0, 0.05) is 5.57 Å². The third-order valence-electron chi connectivity index (χ3n) is 3.48. The third-order valence-corrected chi connectivity index (χ3v) is 3.48. The van der Waals surface area contributed by atoms with E-state index in [9.17, 15) is 4.79 Å². The molecule has 90 valence electrons. The number of hydrogen-bond donors (Lipinski definition) is 1. The van der Waals surface area contributed by atoms with Crippen molar-refractivity contribution in [2.45, 2.75) is 38.5 Å². The molecule has 17 heavy (non-hydrogen) atoms. The minimum atomic E-state index is -0.857. The van der Waals surface area contributed by atoms with Crippen LogP contribution in [0.2, 0.25) is 0 Å². The molecule has 0 aliphatic heterocycles. The molecule has 2 heteroatoms. The molecule has 1 saturated carbocycles. The molecule has 0 unspecified atom stereocenters. The van der Waals surface area contributed by atoms with Crippen molar-refractivity contribution in [1.82, 2.24) is 0 Å². The highest BCUT2D eigenvalue weighted by Crippen LogP contribution is 2.34. The van der Waals surface area contributed by atoms with Gasteiger partial charge in [-0.05, 0) is 42.9 Å². The van der Waals surface area contributed by atoms with Crippen molar-refractivity contribution >= 4 is 12.0 Å². The number of aliphatic carboxylic acids is 1. The lowest BCUT2D eigenvalue weighted by Gasteiger charge is -2.09. The molecule has 1 aromatic carbocycles. The molecule has 2 nitrogen and oxygen atoms in total. The molecule has 0 amide bonds. The van der Waals surface area contributed by atoms with E-state index in [0.29, 0.717) is 11.5 Å². The lowest BCUT2D eigenvalue weighted by atomic mass is 9.96. The minimum Gasteiger partial charge on any atom is -0.478 e. The zero-order chi connectivity index (χ0) is 12.3. The van der Waals surface area contributed by atoms with Crippen LogP contribution in [-0.2, 0) is 4.79 Å². The smallest absolute Gasteiger partial charge is 0.331 e. The second kappa shape index (κ2) is 5.17. The first-order valence-corrected chi connectivity index (χ1v) is 6.18. The van der Waals surface area contributed by atoms with Gasteiger partial charge in [0.1, 0.15) is 0 Å². The summed E-state index contributed by atoms with van der Waals surface area (Å²) < 4.78 is 0. The molecule has 1 fully saturated rings. The van der Waals surface area contributed by atoms with Crippen molar-refractivity contribution in [3.05, 3.63) is 41.0 Å². The Morgan fingerprint density at radius 3 is 2.35 bits per heavy atom. The highest BCUT2D eigenvalue weighted by atomic mass is 16.4. The van der Waals surface area contributed by atoms with Crippen LogP contribution in [-0.4, -0.2) is 11.1 Å². The molecular formula is C15H18O2. The number of carboxylic acids is 1. The van der Waals surface area contributed by atoms with E-state index in [1.807, 2.05) is 12.1 Å². The van der Waals surface area contributed by atoms with Crippen LogP contribution in [0, 0.1) is 0 Å². The Morgan fingerprint density at radius 2 is 1.82 bits per heavy atom. The van der Waals surface area contributed by atoms with Crippen LogP contribution in [0.25, 0.3) is 6.08 Å². The predicted molar refractivity (Wildman–Crippen MR) is 68.9 cm³/mol. The van der Waals surface area contributed by atoms with Gasteiger partial charge >= 0.3 is 5.97 Å². The van der Waals surface area contributed by atoms with Crippen LogP contribution < -0.4 is 0 Å². The van der Waals surface area contributed by atoms with Crippen LogP contribution in [0.15, 0.2) is 29.8 Å². The van der Waals surface area contributed by atoms with Crippen molar-refractivity contribution in [3.63, 3.8) is 0 Å². The fourth-order valence-corrected chi connectivity index (χ4v) is 2.44. The van der Waals surface area contributed by atoms with Crippen molar-refractivity contribution in [1.29, 1.82) is 0 Å². The lowest BCUT2D eigenvalue weighted by molar-refractivity contribution is -0.132. The van der Waals surface area contributed by atoms with Crippen molar-refractivity contribution < 1.29 is 9.90 Å². The van der Waals surface area contributed by atoms with E-state index in [4.69, 9.17) is 5.11 Å². The van der Waals surface area contributed by atoms with E-state index in [1.54, 1.807) is 13.0 Å². The Morgan fingerprint density at radius 1 is 1.24 bits per heavy atom. The van der Waals surface area contributed by atoms with Gasteiger partial charge in [0.2, 0.25) is 0 Å². The van der Waals surface area contributed by atoms with E-state index >= 15 is 0 Å². The number of rotatable bonds is 3. The monoisotopic (exact) mass is 230 g/mol. The van der Waals surface area contributed by atoms with Crippen LogP contribution in [0.4, 0.5) is 0 Å². The average Bonchev–Trinajstić information content (AvgIpc) is 2.83. The molecular weight excluding hydrogens is 212 g/mol. The molecule has 0 saturated heterocycles. The molecule has 1 aliphatic carbocycles. The van der Waals surface area contributed by atoms with Crippen LogP contribution >= 0.6 is 0 Å². The molecule has 0 bridgehead atoms. The van der Waals surface area contributed by atoms with Crippen LogP contribution in [0.1, 0.15) is 49.7 Å². The van der Waals surface area contributed by atoms with Gasteiger partial charge in [0.15, 0.2) is 0 Å². The number of benzene rings is 1. The van der Waals surface area contributed by atoms with Gasteiger partial charge < -0.3 is 5.11 Å². The largest absolute Gasteiger partial charge is 0.478 e. The van der Waals surface area contributed by atoms with Crippen molar-refractivity contribution in [2.24, 2.45) is 0 Å². The second-order valence-electron chi connectivity index (χ2n) is 4.78. The summed E-state index contributed by atoms with van der Waals surface area (Å²) >= 11 is 0. The third kappa shape index (κ3) is 2.96. The van der Waals surface area contributed by atoms with E-state index < -0.39 is 5.97 Å². The van der Waals surface area contributed by atoms with E-state index in [0.717, 1.165) is 5.56 Å². The summed E-state index contributed by atoms with van der Waals surface area (Å²) in [6, 6.07) is 8.30. The SMILES string of the molecule is CC(=Cc1ccc(C2CCCC2)cc1)C(=O)O. The Kier molecular flexibility index (Phi) is 3.62. The van der Waals surface area contributed by atoms with E-state index in [1.165, 1.54) is 31.2 Å². The zero-order valence-corrected chi connectivity index (χ0v) is 10.1. The molecule has 0 aromatic heterocycles. The fourth-order valence-electron chi connectivity index (χ4n) is 2.44. The summed E-state index contributed by atoms with van der Waals surface area (Å²) in [5.41, 5.74) is 2.73. The highest BCUT2D eigenvalue weighted by molar-refractivity contribution is 5.91.